The number of hydrogen-bond donors (Lipinski definition) is 0. The molecule has 1 aliphatic rings. The second-order valence-corrected chi connectivity index (χ2v) is 9.57. The maximum absolute atomic E-state index is 13.6. The van der Waals surface area contributed by atoms with Crippen LogP contribution in [0.25, 0.3) is 0 Å². The molecule has 198 valence electrons. The van der Waals surface area contributed by atoms with E-state index in [1.165, 1.54) is 4.90 Å². The van der Waals surface area contributed by atoms with Gasteiger partial charge in [-0.25, -0.2) is 0 Å². The van der Waals surface area contributed by atoms with E-state index in [9.17, 15) is 31.1 Å². The van der Waals surface area contributed by atoms with E-state index in [0.29, 0.717) is 31.5 Å². The number of hydrogen-bond acceptors (Lipinski definition) is 1. The van der Waals surface area contributed by atoms with Crippen molar-refractivity contribution in [2.75, 3.05) is 0 Å². The summed E-state index contributed by atoms with van der Waals surface area (Å²) in [5, 5.41) is 0. The third kappa shape index (κ3) is 6.37. The molecule has 0 bridgehead atoms. The molecule has 0 radical (unpaired) electrons. The molecule has 0 N–H and O–H groups in total. The molecule has 2 aromatic carbocycles. The summed E-state index contributed by atoms with van der Waals surface area (Å²) in [6.07, 6.45) is -4.22. The van der Waals surface area contributed by atoms with Gasteiger partial charge >= 0.3 is 12.4 Å². The van der Waals surface area contributed by atoms with Crippen molar-refractivity contribution < 1.29 is 31.1 Å². The van der Waals surface area contributed by atoms with Crippen LogP contribution in [-0.4, -0.2) is 21.4 Å². The molecule has 1 fully saturated rings. The van der Waals surface area contributed by atoms with Crippen LogP contribution in [0.15, 0.2) is 60.8 Å². The molecule has 37 heavy (non-hydrogen) atoms. The lowest BCUT2D eigenvalue weighted by Gasteiger charge is -2.35. The quantitative estimate of drug-likeness (QED) is 0.303. The van der Waals surface area contributed by atoms with Crippen LogP contribution in [0.2, 0.25) is 0 Å². The van der Waals surface area contributed by atoms with Crippen LogP contribution in [0.1, 0.15) is 70.4 Å². The highest BCUT2D eigenvalue weighted by Gasteiger charge is 2.38. The molecular weight excluding hydrogens is 494 g/mol. The van der Waals surface area contributed by atoms with Crippen LogP contribution in [0.5, 0.6) is 0 Å². The highest BCUT2D eigenvalue weighted by molar-refractivity contribution is 5.95. The van der Waals surface area contributed by atoms with Gasteiger partial charge in [0.1, 0.15) is 0 Å². The molecule has 9 heteroatoms. The van der Waals surface area contributed by atoms with E-state index < -0.39 is 35.0 Å². The minimum absolute atomic E-state index is 0.0507. The van der Waals surface area contributed by atoms with Gasteiger partial charge in [-0.15, -0.1) is 0 Å². The van der Waals surface area contributed by atoms with Gasteiger partial charge in [0.05, 0.1) is 17.7 Å². The van der Waals surface area contributed by atoms with Crippen LogP contribution in [0.4, 0.5) is 26.3 Å². The first-order valence-corrected chi connectivity index (χ1v) is 12.2. The minimum atomic E-state index is -5.02. The molecule has 1 aromatic heterocycles. The second-order valence-electron chi connectivity index (χ2n) is 9.57. The van der Waals surface area contributed by atoms with Crippen molar-refractivity contribution in [1.82, 2.24) is 9.47 Å². The fourth-order valence-electron chi connectivity index (χ4n) is 4.90. The van der Waals surface area contributed by atoms with Crippen molar-refractivity contribution in [2.45, 2.75) is 70.5 Å². The van der Waals surface area contributed by atoms with Crippen molar-refractivity contribution in [3.05, 3.63) is 94.3 Å². The molecule has 4 rings (SSSR count). The molecule has 1 amide bonds. The fourth-order valence-corrected chi connectivity index (χ4v) is 4.90. The SMILES string of the molecule is Cc1ccccc1Cn1cccc1CN(C(=O)c1cc(C(F)(F)F)cc(C(F)(F)F)c1)C1CCCCC1. The Labute approximate surface area is 211 Å². The number of carbonyl (C=O) groups is 1. The van der Waals surface area contributed by atoms with Gasteiger partial charge in [-0.1, -0.05) is 43.5 Å². The maximum Gasteiger partial charge on any atom is 0.416 e. The monoisotopic (exact) mass is 522 g/mol. The summed E-state index contributed by atoms with van der Waals surface area (Å²) in [5.74, 6) is -0.827. The number of aryl methyl sites for hydroxylation is 1. The van der Waals surface area contributed by atoms with E-state index in [1.807, 2.05) is 54.1 Å². The number of benzene rings is 2. The van der Waals surface area contributed by atoms with Gasteiger partial charge in [-0.2, -0.15) is 26.3 Å². The van der Waals surface area contributed by atoms with E-state index in [4.69, 9.17) is 0 Å². The molecular formula is C28H28F6N2O. The minimum Gasteiger partial charge on any atom is -0.345 e. The fraction of sp³-hybridized carbons (Fsp3) is 0.393. The lowest BCUT2D eigenvalue weighted by Crippen LogP contribution is -2.41. The van der Waals surface area contributed by atoms with Crippen molar-refractivity contribution in [3.8, 4) is 0 Å². The Bertz CT molecular complexity index is 1210. The van der Waals surface area contributed by atoms with Crippen LogP contribution in [0.3, 0.4) is 0 Å². The maximum atomic E-state index is 13.6. The molecule has 0 atom stereocenters. The van der Waals surface area contributed by atoms with Crippen molar-refractivity contribution in [1.29, 1.82) is 0 Å². The van der Waals surface area contributed by atoms with Gasteiger partial charge in [0.25, 0.3) is 5.91 Å². The first kappa shape index (κ1) is 26.8. The Kier molecular flexibility index (Phi) is 7.71. The summed E-state index contributed by atoms with van der Waals surface area (Å²) in [6.45, 7) is 2.60. The first-order chi connectivity index (χ1) is 17.4. The molecule has 3 nitrogen and oxygen atoms in total. The number of carbonyl (C=O) groups excluding carboxylic acids is 1. The zero-order valence-electron chi connectivity index (χ0n) is 20.4. The summed E-state index contributed by atoms with van der Waals surface area (Å²) in [7, 11) is 0. The number of amides is 1. The molecule has 0 saturated heterocycles. The smallest absolute Gasteiger partial charge is 0.345 e. The summed E-state index contributed by atoms with van der Waals surface area (Å²) >= 11 is 0. The predicted octanol–water partition coefficient (Wildman–Crippen LogP) is 7.86. The Morgan fingerprint density at radius 2 is 1.51 bits per heavy atom. The molecule has 0 unspecified atom stereocenters. The number of rotatable bonds is 6. The van der Waals surface area contributed by atoms with Crippen LogP contribution >= 0.6 is 0 Å². The third-order valence-corrected chi connectivity index (χ3v) is 6.97. The highest BCUT2D eigenvalue weighted by Crippen LogP contribution is 2.37. The number of alkyl halides is 6. The van der Waals surface area contributed by atoms with Crippen molar-refractivity contribution >= 4 is 5.91 Å². The molecule has 1 heterocycles. The Morgan fingerprint density at radius 3 is 2.11 bits per heavy atom. The topological polar surface area (TPSA) is 25.2 Å². The number of aromatic nitrogens is 1. The Morgan fingerprint density at radius 1 is 0.892 bits per heavy atom. The van der Waals surface area contributed by atoms with Crippen LogP contribution in [0, 0.1) is 6.92 Å². The van der Waals surface area contributed by atoms with Gasteiger partial charge in [0.2, 0.25) is 0 Å². The average molecular weight is 523 g/mol. The van der Waals surface area contributed by atoms with E-state index in [0.717, 1.165) is 36.1 Å². The third-order valence-electron chi connectivity index (χ3n) is 6.97. The van der Waals surface area contributed by atoms with E-state index in [-0.39, 0.29) is 18.7 Å². The lowest BCUT2D eigenvalue weighted by molar-refractivity contribution is -0.143. The van der Waals surface area contributed by atoms with Crippen LogP contribution < -0.4 is 0 Å². The van der Waals surface area contributed by atoms with Gasteiger partial charge in [0.15, 0.2) is 0 Å². The molecule has 1 aliphatic carbocycles. The number of halogens is 6. The summed E-state index contributed by atoms with van der Waals surface area (Å²) in [5.41, 5.74) is -0.668. The van der Waals surface area contributed by atoms with Crippen LogP contribution in [-0.2, 0) is 25.4 Å². The largest absolute Gasteiger partial charge is 0.416 e. The van der Waals surface area contributed by atoms with Crippen molar-refractivity contribution in [2.24, 2.45) is 0 Å². The molecule has 0 spiro atoms. The first-order valence-electron chi connectivity index (χ1n) is 12.2. The highest BCUT2D eigenvalue weighted by atomic mass is 19.4. The Hall–Kier alpha value is -3.23. The van der Waals surface area contributed by atoms with E-state index >= 15 is 0 Å². The zero-order chi connectivity index (χ0) is 26.8. The summed E-state index contributed by atoms with van der Waals surface area (Å²) < 4.78 is 82.7. The zero-order valence-corrected chi connectivity index (χ0v) is 20.4. The standard InChI is InChI=1S/C28H28F6N2O/c1-19-8-5-6-9-20(19)17-35-13-7-12-25(35)18-36(24-10-3-2-4-11-24)26(37)21-14-22(27(29,30)31)16-23(15-21)28(32,33)34/h5-9,12-16,24H,2-4,10-11,17-18H2,1H3. The Balaban J connectivity index is 1.70. The average Bonchev–Trinajstić information content (AvgIpc) is 3.29. The second kappa shape index (κ2) is 10.6. The molecule has 3 aromatic rings. The van der Waals surface area contributed by atoms with Gasteiger partial charge in [-0.05, 0) is 61.2 Å². The summed E-state index contributed by atoms with van der Waals surface area (Å²) in [4.78, 5) is 15.1. The predicted molar refractivity (Wildman–Crippen MR) is 128 cm³/mol. The normalized spacial score (nSPS) is 15.1. The molecule has 1 saturated carbocycles. The van der Waals surface area contributed by atoms with E-state index in [1.54, 1.807) is 0 Å². The molecule has 0 aliphatic heterocycles. The number of nitrogens with zero attached hydrogens (tertiary/aromatic N) is 2. The van der Waals surface area contributed by atoms with E-state index in [2.05, 4.69) is 0 Å². The van der Waals surface area contributed by atoms with Crippen molar-refractivity contribution in [3.63, 3.8) is 0 Å². The van der Waals surface area contributed by atoms with Gasteiger partial charge in [-0.3, -0.25) is 4.79 Å². The lowest BCUT2D eigenvalue weighted by atomic mass is 9.93. The van der Waals surface area contributed by atoms with Gasteiger partial charge < -0.3 is 9.47 Å². The van der Waals surface area contributed by atoms with Gasteiger partial charge in [0, 0.05) is 30.0 Å². The summed E-state index contributed by atoms with van der Waals surface area (Å²) in [6, 6.07) is 12.3.